The van der Waals surface area contributed by atoms with Gasteiger partial charge in [-0.15, -0.1) is 0 Å². The van der Waals surface area contributed by atoms with Gasteiger partial charge in [-0.1, -0.05) is 18.2 Å². The third-order valence-electron chi connectivity index (χ3n) is 4.89. The minimum atomic E-state index is -4.29. The lowest BCUT2D eigenvalue weighted by molar-refractivity contribution is -0.184. The molecule has 1 atom stereocenters. The van der Waals surface area contributed by atoms with Gasteiger partial charge in [0.25, 0.3) is 5.91 Å². The van der Waals surface area contributed by atoms with Gasteiger partial charge < -0.3 is 9.32 Å². The fraction of sp³-hybridized carbons (Fsp3) is 0.300. The van der Waals surface area contributed by atoms with E-state index < -0.39 is 18.0 Å². The number of carbonyl (C=O) groups is 1. The smallest absolute Gasteiger partial charge is 0.393 e. The van der Waals surface area contributed by atoms with Crippen LogP contribution in [0.2, 0.25) is 0 Å². The summed E-state index contributed by atoms with van der Waals surface area (Å²) in [6.07, 6.45) is -2.39. The predicted octanol–water partition coefficient (Wildman–Crippen LogP) is 4.91. The van der Waals surface area contributed by atoms with Crippen LogP contribution in [0.5, 0.6) is 0 Å². The van der Waals surface area contributed by atoms with Gasteiger partial charge in [0.2, 0.25) is 0 Å². The lowest BCUT2D eigenvalue weighted by Crippen LogP contribution is -2.44. The van der Waals surface area contributed by atoms with Gasteiger partial charge in [0, 0.05) is 18.5 Å². The molecule has 2 aromatic heterocycles. The highest BCUT2D eigenvalue weighted by Gasteiger charge is 2.42. The van der Waals surface area contributed by atoms with Gasteiger partial charge in [0.05, 0.1) is 23.3 Å². The van der Waals surface area contributed by atoms with Crippen LogP contribution in [-0.2, 0) is 0 Å². The van der Waals surface area contributed by atoms with Crippen LogP contribution in [0.1, 0.15) is 23.2 Å². The highest BCUT2D eigenvalue weighted by molar-refractivity contribution is 6.07. The van der Waals surface area contributed by atoms with E-state index in [2.05, 4.69) is 4.98 Å². The average molecular weight is 374 g/mol. The number of nitrogens with zero attached hydrogens (tertiary/aromatic N) is 2. The van der Waals surface area contributed by atoms with E-state index >= 15 is 0 Å². The molecule has 0 spiro atoms. The number of piperidine rings is 1. The van der Waals surface area contributed by atoms with Crippen molar-refractivity contribution in [3.05, 3.63) is 54.3 Å². The summed E-state index contributed by atoms with van der Waals surface area (Å²) in [4.78, 5) is 18.9. The van der Waals surface area contributed by atoms with Gasteiger partial charge >= 0.3 is 6.18 Å². The van der Waals surface area contributed by atoms with Crippen molar-refractivity contribution < 1.29 is 22.4 Å². The normalized spacial score (nSPS) is 18.0. The largest absolute Gasteiger partial charge is 0.463 e. The summed E-state index contributed by atoms with van der Waals surface area (Å²) in [5, 5.41) is 0.618. The molecule has 0 N–H and O–H groups in total. The second-order valence-corrected chi connectivity index (χ2v) is 6.68. The molecule has 0 aliphatic carbocycles. The second-order valence-electron chi connectivity index (χ2n) is 6.68. The Morgan fingerprint density at radius 3 is 2.74 bits per heavy atom. The fourth-order valence-corrected chi connectivity index (χ4v) is 3.50. The Morgan fingerprint density at radius 2 is 2.00 bits per heavy atom. The summed E-state index contributed by atoms with van der Waals surface area (Å²) in [7, 11) is 0. The lowest BCUT2D eigenvalue weighted by atomic mass is 9.96. The Bertz CT molecular complexity index is 967. The molecular weight excluding hydrogens is 357 g/mol. The van der Waals surface area contributed by atoms with E-state index in [0.717, 1.165) is 0 Å². The number of para-hydroxylation sites is 1. The zero-order chi connectivity index (χ0) is 19.0. The van der Waals surface area contributed by atoms with Crippen molar-refractivity contribution in [2.45, 2.75) is 19.0 Å². The van der Waals surface area contributed by atoms with E-state index in [9.17, 15) is 18.0 Å². The van der Waals surface area contributed by atoms with Crippen LogP contribution in [0.15, 0.2) is 53.1 Å². The zero-order valence-corrected chi connectivity index (χ0v) is 14.4. The molecule has 1 aromatic carbocycles. The highest BCUT2D eigenvalue weighted by atomic mass is 19.4. The van der Waals surface area contributed by atoms with Gasteiger partial charge in [-0.3, -0.25) is 4.79 Å². The van der Waals surface area contributed by atoms with Crippen LogP contribution >= 0.6 is 0 Å². The molecule has 0 unspecified atom stereocenters. The van der Waals surface area contributed by atoms with Crippen molar-refractivity contribution in [3.8, 4) is 11.5 Å². The van der Waals surface area contributed by atoms with Crippen LogP contribution < -0.4 is 0 Å². The molecule has 4 nitrogen and oxygen atoms in total. The third kappa shape index (κ3) is 3.41. The van der Waals surface area contributed by atoms with Gasteiger partial charge in [0.15, 0.2) is 5.76 Å². The lowest BCUT2D eigenvalue weighted by Gasteiger charge is -2.34. The molecule has 140 valence electrons. The molecule has 0 saturated carbocycles. The first-order chi connectivity index (χ1) is 12.9. The first-order valence-electron chi connectivity index (χ1n) is 8.73. The first-order valence-corrected chi connectivity index (χ1v) is 8.73. The van der Waals surface area contributed by atoms with E-state index in [1.165, 1.54) is 11.2 Å². The Morgan fingerprint density at radius 1 is 1.19 bits per heavy atom. The minimum absolute atomic E-state index is 0.0576. The fourth-order valence-electron chi connectivity index (χ4n) is 3.50. The monoisotopic (exact) mass is 374 g/mol. The number of fused-ring (bicyclic) bond motifs is 1. The number of rotatable bonds is 2. The number of aromatic nitrogens is 1. The van der Waals surface area contributed by atoms with Gasteiger partial charge in [-0.05, 0) is 37.1 Å². The maximum Gasteiger partial charge on any atom is 0.393 e. The molecule has 0 radical (unpaired) electrons. The molecular formula is C20H17F3N2O2. The number of pyridine rings is 1. The number of hydrogen-bond acceptors (Lipinski definition) is 3. The number of alkyl halides is 3. The van der Waals surface area contributed by atoms with Crippen molar-refractivity contribution in [2.24, 2.45) is 5.92 Å². The molecule has 7 heteroatoms. The van der Waals surface area contributed by atoms with E-state index in [1.54, 1.807) is 42.5 Å². The summed E-state index contributed by atoms with van der Waals surface area (Å²) in [5.74, 6) is -1.38. The molecule has 1 saturated heterocycles. The Labute approximate surface area is 153 Å². The van der Waals surface area contributed by atoms with E-state index in [4.69, 9.17) is 4.42 Å². The Balaban J connectivity index is 1.75. The molecule has 0 bridgehead atoms. The average Bonchev–Trinajstić information content (AvgIpc) is 3.21. The van der Waals surface area contributed by atoms with Crippen molar-refractivity contribution in [2.75, 3.05) is 13.1 Å². The van der Waals surface area contributed by atoms with Crippen molar-refractivity contribution in [3.63, 3.8) is 0 Å². The number of benzene rings is 1. The number of halogens is 3. The van der Waals surface area contributed by atoms with Gasteiger partial charge in [0.1, 0.15) is 5.69 Å². The summed E-state index contributed by atoms with van der Waals surface area (Å²) >= 11 is 0. The molecule has 3 heterocycles. The second kappa shape index (κ2) is 6.72. The van der Waals surface area contributed by atoms with E-state index in [0.29, 0.717) is 40.9 Å². The number of carbonyl (C=O) groups excluding carboxylic acids is 1. The summed E-state index contributed by atoms with van der Waals surface area (Å²) in [6.45, 7) is 0.00716. The maximum atomic E-state index is 13.1. The molecule has 27 heavy (non-hydrogen) atoms. The first kappa shape index (κ1) is 17.6. The number of furan rings is 1. The molecule has 1 fully saturated rings. The molecule has 1 amide bonds. The van der Waals surface area contributed by atoms with Crippen LogP contribution in [0.4, 0.5) is 13.2 Å². The zero-order valence-electron chi connectivity index (χ0n) is 14.4. The molecule has 1 aliphatic rings. The molecule has 1 aliphatic heterocycles. The Hall–Kier alpha value is -2.83. The van der Waals surface area contributed by atoms with Crippen molar-refractivity contribution in [1.82, 2.24) is 9.88 Å². The van der Waals surface area contributed by atoms with E-state index in [-0.39, 0.29) is 13.0 Å². The van der Waals surface area contributed by atoms with Gasteiger partial charge in [-0.2, -0.15) is 13.2 Å². The summed E-state index contributed by atoms with van der Waals surface area (Å²) < 4.78 is 44.7. The SMILES string of the molecule is O=C(c1cc(-c2ccco2)nc2ccccc12)N1CCC[C@H](C(F)(F)F)C1. The van der Waals surface area contributed by atoms with Crippen LogP contribution in [0, 0.1) is 5.92 Å². The number of amides is 1. The van der Waals surface area contributed by atoms with Gasteiger partial charge in [-0.25, -0.2) is 4.98 Å². The number of likely N-dealkylation sites (tertiary alicyclic amines) is 1. The minimum Gasteiger partial charge on any atom is -0.463 e. The van der Waals surface area contributed by atoms with Crippen LogP contribution in [0.25, 0.3) is 22.4 Å². The van der Waals surface area contributed by atoms with E-state index in [1.807, 2.05) is 0 Å². The predicted molar refractivity (Wildman–Crippen MR) is 94.1 cm³/mol. The standard InChI is InChI=1S/C20H17F3N2O2/c21-20(22,23)13-5-3-9-25(12-13)19(26)15-11-17(18-8-4-10-27-18)24-16-7-2-1-6-14(15)16/h1-2,4,6-8,10-11,13H,3,5,9,12H2/t13-/m0/s1. The Kier molecular flexibility index (Phi) is 4.37. The number of hydrogen-bond donors (Lipinski definition) is 0. The quantitative estimate of drug-likeness (QED) is 0.640. The highest BCUT2D eigenvalue weighted by Crippen LogP contribution is 2.34. The topological polar surface area (TPSA) is 46.3 Å². The van der Waals surface area contributed by atoms with Crippen LogP contribution in [-0.4, -0.2) is 35.1 Å². The van der Waals surface area contributed by atoms with Crippen LogP contribution in [0.3, 0.4) is 0 Å². The third-order valence-corrected chi connectivity index (χ3v) is 4.89. The van der Waals surface area contributed by atoms with Crippen molar-refractivity contribution in [1.29, 1.82) is 0 Å². The maximum absolute atomic E-state index is 13.1. The summed E-state index contributed by atoms with van der Waals surface area (Å²) in [5.41, 5.74) is 1.42. The summed E-state index contributed by atoms with van der Waals surface area (Å²) in [6, 6.07) is 12.1. The van der Waals surface area contributed by atoms with Crippen molar-refractivity contribution >= 4 is 16.8 Å². The molecule has 4 rings (SSSR count). The molecule has 3 aromatic rings.